The Bertz CT molecular complexity index is 955. The molecule has 0 aliphatic carbocycles. The Balaban J connectivity index is 1.68. The standard InChI is InChI=1S/C29H32O4/c1-3-27(32-21-25-15-9-5-10-16-25)19-28(33-22-26-17-11-6-12-18-26)29(30-2)23-31-20-24-13-7-4-8-14-24/h3-19,28-29H,1,20-23H2,2H3/b27-19-/t28-,29+/m0/s1. The molecular weight excluding hydrogens is 412 g/mol. The van der Waals surface area contributed by atoms with Crippen LogP contribution in [0.15, 0.2) is 115 Å². The van der Waals surface area contributed by atoms with Crippen LogP contribution in [0.2, 0.25) is 0 Å². The van der Waals surface area contributed by atoms with Crippen LogP contribution in [0.3, 0.4) is 0 Å². The summed E-state index contributed by atoms with van der Waals surface area (Å²) in [5.74, 6) is 0.641. The molecular formula is C29H32O4. The quantitative estimate of drug-likeness (QED) is 0.223. The van der Waals surface area contributed by atoms with Gasteiger partial charge in [0.25, 0.3) is 0 Å². The first kappa shape index (κ1) is 24.5. The Morgan fingerprint density at radius 2 is 1.27 bits per heavy atom. The van der Waals surface area contributed by atoms with E-state index in [0.717, 1.165) is 16.7 Å². The van der Waals surface area contributed by atoms with Crippen molar-refractivity contribution in [3.05, 3.63) is 132 Å². The lowest BCUT2D eigenvalue weighted by atomic mass is 10.1. The van der Waals surface area contributed by atoms with Gasteiger partial charge in [-0.2, -0.15) is 0 Å². The summed E-state index contributed by atoms with van der Waals surface area (Å²) in [6.07, 6.45) is 2.92. The van der Waals surface area contributed by atoms with E-state index in [-0.39, 0.29) is 12.2 Å². The summed E-state index contributed by atoms with van der Waals surface area (Å²) in [4.78, 5) is 0. The summed E-state index contributed by atoms with van der Waals surface area (Å²) in [5, 5.41) is 0. The van der Waals surface area contributed by atoms with Crippen LogP contribution in [0.5, 0.6) is 0 Å². The van der Waals surface area contributed by atoms with Gasteiger partial charge >= 0.3 is 0 Å². The van der Waals surface area contributed by atoms with Crippen molar-refractivity contribution < 1.29 is 18.9 Å². The molecule has 4 heteroatoms. The van der Waals surface area contributed by atoms with Gasteiger partial charge in [0.2, 0.25) is 0 Å². The summed E-state index contributed by atoms with van der Waals surface area (Å²) in [6.45, 7) is 5.70. The molecule has 0 spiro atoms. The molecule has 0 amide bonds. The number of methoxy groups -OCH3 is 1. The third-order valence-corrected chi connectivity index (χ3v) is 5.13. The van der Waals surface area contributed by atoms with Crippen molar-refractivity contribution in [2.75, 3.05) is 13.7 Å². The van der Waals surface area contributed by atoms with Crippen molar-refractivity contribution in [2.24, 2.45) is 0 Å². The predicted molar refractivity (Wildman–Crippen MR) is 131 cm³/mol. The van der Waals surface area contributed by atoms with Crippen LogP contribution in [0, 0.1) is 0 Å². The maximum absolute atomic E-state index is 6.26. The molecule has 2 atom stereocenters. The van der Waals surface area contributed by atoms with E-state index in [9.17, 15) is 0 Å². The smallest absolute Gasteiger partial charge is 0.117 e. The van der Waals surface area contributed by atoms with Crippen molar-refractivity contribution >= 4 is 0 Å². The molecule has 0 radical (unpaired) electrons. The summed E-state index contributed by atoms with van der Waals surface area (Å²) < 4.78 is 24.0. The van der Waals surface area contributed by atoms with Crippen LogP contribution in [0.4, 0.5) is 0 Å². The van der Waals surface area contributed by atoms with Gasteiger partial charge in [-0.1, -0.05) is 97.6 Å². The van der Waals surface area contributed by atoms with Crippen LogP contribution < -0.4 is 0 Å². The first-order valence-electron chi connectivity index (χ1n) is 11.1. The van der Waals surface area contributed by atoms with Gasteiger partial charge in [-0.15, -0.1) is 0 Å². The van der Waals surface area contributed by atoms with Gasteiger partial charge in [-0.25, -0.2) is 0 Å². The number of benzene rings is 3. The van der Waals surface area contributed by atoms with Gasteiger partial charge in [-0.05, 0) is 28.8 Å². The molecule has 0 aliphatic heterocycles. The molecule has 0 saturated heterocycles. The number of rotatable bonds is 14. The molecule has 0 aromatic heterocycles. The van der Waals surface area contributed by atoms with Gasteiger partial charge in [0, 0.05) is 7.11 Å². The average Bonchev–Trinajstić information content (AvgIpc) is 2.88. The fourth-order valence-corrected chi connectivity index (χ4v) is 3.27. The van der Waals surface area contributed by atoms with E-state index in [4.69, 9.17) is 18.9 Å². The molecule has 172 valence electrons. The highest BCUT2D eigenvalue weighted by molar-refractivity contribution is 5.18. The normalized spacial score (nSPS) is 13.3. The maximum Gasteiger partial charge on any atom is 0.117 e. The molecule has 0 aliphatic rings. The second-order valence-electron chi connectivity index (χ2n) is 7.58. The molecule has 3 rings (SSSR count). The Morgan fingerprint density at radius 1 is 0.758 bits per heavy atom. The minimum atomic E-state index is -0.380. The summed E-state index contributed by atoms with van der Waals surface area (Å²) in [7, 11) is 1.67. The van der Waals surface area contributed by atoms with E-state index in [1.165, 1.54) is 0 Å². The van der Waals surface area contributed by atoms with E-state index in [0.29, 0.717) is 32.2 Å². The summed E-state index contributed by atoms with van der Waals surface area (Å²) >= 11 is 0. The Hall–Kier alpha value is -3.18. The first-order chi connectivity index (χ1) is 16.3. The van der Waals surface area contributed by atoms with E-state index in [2.05, 4.69) is 6.58 Å². The fraction of sp³-hybridized carbons (Fsp3) is 0.241. The summed E-state index contributed by atoms with van der Waals surface area (Å²) in [5.41, 5.74) is 3.28. The number of hydrogen-bond acceptors (Lipinski definition) is 4. The third-order valence-electron chi connectivity index (χ3n) is 5.13. The average molecular weight is 445 g/mol. The zero-order chi connectivity index (χ0) is 23.1. The SMILES string of the molecule is C=C/C(=C/[C@H](OCc1ccccc1)[C@@H](COCc1ccccc1)OC)OCc1ccccc1. The van der Waals surface area contributed by atoms with E-state index >= 15 is 0 Å². The van der Waals surface area contributed by atoms with Gasteiger partial charge in [0.15, 0.2) is 0 Å². The van der Waals surface area contributed by atoms with E-state index in [1.807, 2.05) is 97.1 Å². The van der Waals surface area contributed by atoms with Crippen LogP contribution in [-0.4, -0.2) is 25.9 Å². The zero-order valence-electron chi connectivity index (χ0n) is 19.1. The Labute approximate surface area is 197 Å². The van der Waals surface area contributed by atoms with Gasteiger partial charge in [0.05, 0.1) is 19.8 Å². The second kappa shape index (κ2) is 14.1. The van der Waals surface area contributed by atoms with Crippen molar-refractivity contribution in [1.82, 2.24) is 0 Å². The van der Waals surface area contributed by atoms with Crippen LogP contribution in [0.25, 0.3) is 0 Å². The molecule has 0 saturated carbocycles. The van der Waals surface area contributed by atoms with Crippen LogP contribution in [-0.2, 0) is 38.8 Å². The van der Waals surface area contributed by atoms with Crippen molar-refractivity contribution in [1.29, 1.82) is 0 Å². The van der Waals surface area contributed by atoms with Gasteiger partial charge < -0.3 is 18.9 Å². The first-order valence-corrected chi connectivity index (χ1v) is 11.1. The second-order valence-corrected chi connectivity index (χ2v) is 7.58. The molecule has 0 N–H and O–H groups in total. The van der Waals surface area contributed by atoms with Gasteiger partial charge in [0.1, 0.15) is 24.6 Å². The highest BCUT2D eigenvalue weighted by Gasteiger charge is 2.22. The van der Waals surface area contributed by atoms with Crippen molar-refractivity contribution in [3.8, 4) is 0 Å². The molecule has 3 aromatic carbocycles. The maximum atomic E-state index is 6.26. The highest BCUT2D eigenvalue weighted by atomic mass is 16.6. The lowest BCUT2D eigenvalue weighted by Gasteiger charge is -2.25. The summed E-state index contributed by atoms with van der Waals surface area (Å²) in [6, 6.07) is 30.2. The number of hydrogen-bond donors (Lipinski definition) is 0. The highest BCUT2D eigenvalue weighted by Crippen LogP contribution is 2.16. The van der Waals surface area contributed by atoms with E-state index in [1.54, 1.807) is 13.2 Å². The molecule has 33 heavy (non-hydrogen) atoms. The molecule has 3 aromatic rings. The van der Waals surface area contributed by atoms with Crippen LogP contribution >= 0.6 is 0 Å². The van der Waals surface area contributed by atoms with E-state index < -0.39 is 0 Å². The molecule has 0 heterocycles. The largest absolute Gasteiger partial charge is 0.489 e. The monoisotopic (exact) mass is 444 g/mol. The number of ether oxygens (including phenoxy) is 4. The van der Waals surface area contributed by atoms with Crippen LogP contribution in [0.1, 0.15) is 16.7 Å². The topological polar surface area (TPSA) is 36.9 Å². The minimum absolute atomic E-state index is 0.312. The minimum Gasteiger partial charge on any atom is -0.489 e. The zero-order valence-corrected chi connectivity index (χ0v) is 19.1. The Morgan fingerprint density at radius 3 is 1.79 bits per heavy atom. The van der Waals surface area contributed by atoms with Gasteiger partial charge in [-0.3, -0.25) is 0 Å². The molecule has 0 fully saturated rings. The fourth-order valence-electron chi connectivity index (χ4n) is 3.27. The molecule has 0 unspecified atom stereocenters. The lowest BCUT2D eigenvalue weighted by Crippen LogP contribution is -2.34. The van der Waals surface area contributed by atoms with Crippen molar-refractivity contribution in [3.63, 3.8) is 0 Å². The number of allylic oxidation sites excluding steroid dienone is 1. The molecule has 0 bridgehead atoms. The van der Waals surface area contributed by atoms with Crippen molar-refractivity contribution in [2.45, 2.75) is 32.0 Å². The lowest BCUT2D eigenvalue weighted by molar-refractivity contribution is -0.0793. The Kier molecular flexibility index (Phi) is 10.4. The predicted octanol–water partition coefficient (Wildman–Crippen LogP) is 6.09. The molecule has 4 nitrogen and oxygen atoms in total. The third kappa shape index (κ3) is 8.70.